The minimum atomic E-state index is -0.503. The highest BCUT2D eigenvalue weighted by molar-refractivity contribution is 8.00. The number of carbonyl (C=O) groups excluding carboxylic acids is 3. The van der Waals surface area contributed by atoms with Crippen molar-refractivity contribution in [3.8, 4) is 5.75 Å². The van der Waals surface area contributed by atoms with E-state index in [0.717, 1.165) is 4.90 Å². The number of halogens is 1. The Morgan fingerprint density at radius 2 is 1.41 bits per heavy atom. The van der Waals surface area contributed by atoms with E-state index in [4.69, 9.17) is 16.3 Å². The maximum atomic E-state index is 13.3. The summed E-state index contributed by atoms with van der Waals surface area (Å²) < 4.78 is 5.41. The maximum Gasteiger partial charge on any atom is 0.272 e. The molecule has 4 rings (SSSR count). The lowest BCUT2D eigenvalue weighted by atomic mass is 10.1. The summed E-state index contributed by atoms with van der Waals surface area (Å²) in [6.45, 7) is 1.82. The minimum Gasteiger partial charge on any atom is -0.496 e. The van der Waals surface area contributed by atoms with Crippen molar-refractivity contribution in [2.45, 2.75) is 17.1 Å². The number of hydrogen-bond acceptors (Lipinski definition) is 5. The number of thioether (sulfide) groups is 1. The van der Waals surface area contributed by atoms with E-state index in [1.165, 1.54) is 18.9 Å². The smallest absolute Gasteiger partial charge is 0.272 e. The Hall–Kier alpha value is -4.53. The van der Waals surface area contributed by atoms with Crippen molar-refractivity contribution in [1.82, 2.24) is 5.32 Å². The van der Waals surface area contributed by atoms with Crippen molar-refractivity contribution in [2.24, 2.45) is 0 Å². The molecule has 0 aliphatic carbocycles. The van der Waals surface area contributed by atoms with Crippen LogP contribution in [-0.4, -0.2) is 30.1 Å². The zero-order valence-corrected chi connectivity index (χ0v) is 24.0. The van der Waals surface area contributed by atoms with E-state index < -0.39 is 11.8 Å². The summed E-state index contributed by atoms with van der Waals surface area (Å²) in [6, 6.07) is 29.9. The van der Waals surface area contributed by atoms with Crippen LogP contribution in [0.25, 0.3) is 6.08 Å². The molecule has 0 aromatic heterocycles. The zero-order chi connectivity index (χ0) is 29.2. The molecule has 0 radical (unpaired) electrons. The summed E-state index contributed by atoms with van der Waals surface area (Å²) >= 11 is 7.29. The second kappa shape index (κ2) is 14.2. The molecular formula is C32H28ClN3O4S. The fraction of sp³-hybridized carbons (Fsp3) is 0.0938. The van der Waals surface area contributed by atoms with Crippen LogP contribution in [0.5, 0.6) is 5.75 Å². The SMILES string of the molecule is COc1ccccc1/C=C(\NC(=O)c1ccccc1)C(=O)Nc1ccc(SC(C)C(=O)Nc2ccc(Cl)cc2)cc1. The Morgan fingerprint density at radius 3 is 2.10 bits per heavy atom. The number of rotatable bonds is 10. The maximum absolute atomic E-state index is 13.3. The van der Waals surface area contributed by atoms with Gasteiger partial charge in [-0.1, -0.05) is 48.0 Å². The number of para-hydroxylation sites is 1. The third kappa shape index (κ3) is 8.48. The summed E-state index contributed by atoms with van der Waals surface area (Å²) in [4.78, 5) is 39.7. The lowest BCUT2D eigenvalue weighted by Crippen LogP contribution is -2.30. The van der Waals surface area contributed by atoms with E-state index in [9.17, 15) is 14.4 Å². The predicted molar refractivity (Wildman–Crippen MR) is 165 cm³/mol. The van der Waals surface area contributed by atoms with Crippen molar-refractivity contribution >= 4 is 58.5 Å². The summed E-state index contributed by atoms with van der Waals surface area (Å²) in [6.07, 6.45) is 1.57. The van der Waals surface area contributed by atoms with Gasteiger partial charge in [0.2, 0.25) is 5.91 Å². The second-order valence-electron chi connectivity index (χ2n) is 8.85. The normalized spacial score (nSPS) is 11.7. The number of ether oxygens (including phenoxy) is 1. The van der Waals surface area contributed by atoms with Crippen molar-refractivity contribution in [2.75, 3.05) is 17.7 Å². The third-order valence-corrected chi connectivity index (χ3v) is 7.24. The highest BCUT2D eigenvalue weighted by atomic mass is 35.5. The van der Waals surface area contributed by atoms with E-state index in [1.54, 1.807) is 78.9 Å². The quantitative estimate of drug-likeness (QED) is 0.139. The molecule has 4 aromatic rings. The molecule has 0 aliphatic rings. The lowest BCUT2D eigenvalue weighted by molar-refractivity contribution is -0.115. The number of hydrogen-bond donors (Lipinski definition) is 3. The number of nitrogens with one attached hydrogen (secondary N) is 3. The molecule has 208 valence electrons. The molecule has 0 fully saturated rings. The Bertz CT molecular complexity index is 1540. The molecule has 0 spiro atoms. The second-order valence-corrected chi connectivity index (χ2v) is 10.7. The van der Waals surface area contributed by atoms with Crippen molar-refractivity contribution in [3.63, 3.8) is 0 Å². The topological polar surface area (TPSA) is 96.5 Å². The van der Waals surface area contributed by atoms with Crippen LogP contribution >= 0.6 is 23.4 Å². The molecule has 1 atom stereocenters. The zero-order valence-electron chi connectivity index (χ0n) is 22.4. The monoisotopic (exact) mass is 585 g/mol. The van der Waals surface area contributed by atoms with Crippen LogP contribution in [0.3, 0.4) is 0 Å². The molecule has 0 heterocycles. The number of methoxy groups -OCH3 is 1. The van der Waals surface area contributed by atoms with Crippen LogP contribution in [-0.2, 0) is 9.59 Å². The average Bonchev–Trinajstić information content (AvgIpc) is 2.99. The van der Waals surface area contributed by atoms with E-state index in [1.807, 2.05) is 37.3 Å². The van der Waals surface area contributed by atoms with Gasteiger partial charge in [0.15, 0.2) is 0 Å². The fourth-order valence-corrected chi connectivity index (χ4v) is 4.73. The van der Waals surface area contributed by atoms with Gasteiger partial charge in [-0.3, -0.25) is 14.4 Å². The van der Waals surface area contributed by atoms with Crippen molar-refractivity contribution in [1.29, 1.82) is 0 Å². The van der Waals surface area contributed by atoms with Gasteiger partial charge in [-0.25, -0.2) is 0 Å². The summed E-state index contributed by atoms with van der Waals surface area (Å²) in [5.74, 6) is -0.506. The molecule has 9 heteroatoms. The molecule has 0 bridgehead atoms. The third-order valence-electron chi connectivity index (χ3n) is 5.87. The molecule has 3 N–H and O–H groups in total. The van der Waals surface area contributed by atoms with Crippen LogP contribution < -0.4 is 20.7 Å². The van der Waals surface area contributed by atoms with Gasteiger partial charge in [-0.15, -0.1) is 11.8 Å². The van der Waals surface area contributed by atoms with Crippen LogP contribution in [0.15, 0.2) is 114 Å². The molecule has 41 heavy (non-hydrogen) atoms. The van der Waals surface area contributed by atoms with Gasteiger partial charge in [0.05, 0.1) is 12.4 Å². The van der Waals surface area contributed by atoms with Crippen molar-refractivity contribution < 1.29 is 19.1 Å². The van der Waals surface area contributed by atoms with Gasteiger partial charge < -0.3 is 20.7 Å². The van der Waals surface area contributed by atoms with Crippen LogP contribution in [0.1, 0.15) is 22.8 Å². The molecule has 7 nitrogen and oxygen atoms in total. The van der Waals surface area contributed by atoms with Gasteiger partial charge in [0, 0.05) is 32.4 Å². The van der Waals surface area contributed by atoms with E-state index in [0.29, 0.717) is 33.3 Å². The largest absolute Gasteiger partial charge is 0.496 e. The minimum absolute atomic E-state index is 0.0503. The van der Waals surface area contributed by atoms with Gasteiger partial charge in [0.1, 0.15) is 11.4 Å². The van der Waals surface area contributed by atoms with E-state index in [2.05, 4.69) is 16.0 Å². The van der Waals surface area contributed by atoms with Crippen LogP contribution in [0.2, 0.25) is 5.02 Å². The van der Waals surface area contributed by atoms with E-state index >= 15 is 0 Å². The average molecular weight is 586 g/mol. The number of amides is 3. The first-order chi connectivity index (χ1) is 19.8. The van der Waals surface area contributed by atoms with Crippen LogP contribution in [0.4, 0.5) is 11.4 Å². The summed E-state index contributed by atoms with van der Waals surface area (Å²) in [5.41, 5.74) is 2.29. The fourth-order valence-electron chi connectivity index (χ4n) is 3.73. The number of carbonyl (C=O) groups is 3. The summed E-state index contributed by atoms with van der Waals surface area (Å²) in [7, 11) is 1.54. The van der Waals surface area contributed by atoms with Gasteiger partial charge in [0.25, 0.3) is 11.8 Å². The molecule has 0 aliphatic heterocycles. The highest BCUT2D eigenvalue weighted by Crippen LogP contribution is 2.26. The van der Waals surface area contributed by atoms with Crippen LogP contribution in [0, 0.1) is 0 Å². The summed E-state index contributed by atoms with van der Waals surface area (Å²) in [5, 5.41) is 8.66. The number of anilines is 2. The Labute approximate surface area is 248 Å². The van der Waals surface area contributed by atoms with Crippen molar-refractivity contribution in [3.05, 3.63) is 125 Å². The molecule has 3 amide bonds. The Kier molecular flexibility index (Phi) is 10.2. The Balaban J connectivity index is 1.45. The lowest BCUT2D eigenvalue weighted by Gasteiger charge is -2.14. The number of benzene rings is 4. The van der Waals surface area contributed by atoms with Gasteiger partial charge in [-0.2, -0.15) is 0 Å². The first-order valence-corrected chi connectivity index (χ1v) is 13.9. The predicted octanol–water partition coefficient (Wildman–Crippen LogP) is 6.88. The molecular weight excluding hydrogens is 558 g/mol. The first kappa shape index (κ1) is 29.5. The molecule has 0 saturated carbocycles. The first-order valence-electron chi connectivity index (χ1n) is 12.7. The Morgan fingerprint density at radius 1 is 0.805 bits per heavy atom. The van der Waals surface area contributed by atoms with Gasteiger partial charge in [-0.05, 0) is 79.7 Å². The molecule has 1 unspecified atom stereocenters. The molecule has 0 saturated heterocycles. The molecule has 4 aromatic carbocycles. The standard InChI is InChI=1S/C32H28ClN3O4S/c1-21(30(37)34-25-14-12-24(33)13-15-25)41-27-18-16-26(17-19-27)35-32(39)28(20-23-10-6-7-11-29(23)40-2)36-31(38)22-8-4-3-5-9-22/h3-21H,1-2H3,(H,34,37)(H,35,39)(H,36,38)/b28-20-. The van der Waals surface area contributed by atoms with Gasteiger partial charge >= 0.3 is 0 Å². The highest BCUT2D eigenvalue weighted by Gasteiger charge is 2.17. The van der Waals surface area contributed by atoms with E-state index in [-0.39, 0.29) is 16.9 Å².